The first-order valence-corrected chi connectivity index (χ1v) is 12.0. The Balaban J connectivity index is 1.67. The van der Waals surface area contributed by atoms with Gasteiger partial charge in [0.05, 0.1) is 18.3 Å². The molecule has 0 radical (unpaired) electrons. The molecule has 1 fully saturated rings. The molecule has 0 spiro atoms. The molecule has 0 aromatic heterocycles. The van der Waals surface area contributed by atoms with Crippen LogP contribution in [0.2, 0.25) is 0 Å². The molecule has 31 heavy (non-hydrogen) atoms. The lowest BCUT2D eigenvalue weighted by molar-refractivity contribution is -0.121. The van der Waals surface area contributed by atoms with Crippen molar-refractivity contribution < 1.29 is 20.1 Å². The number of aliphatic hydroxyl groups excluding tert-OH is 3. The van der Waals surface area contributed by atoms with Crippen LogP contribution in [0.4, 0.5) is 0 Å². The van der Waals surface area contributed by atoms with Crippen LogP contribution in [0.1, 0.15) is 70.3 Å². The predicted molar refractivity (Wildman–Crippen MR) is 125 cm³/mol. The third kappa shape index (κ3) is 9.55. The average Bonchev–Trinajstić information content (AvgIpc) is 3.03. The van der Waals surface area contributed by atoms with E-state index in [2.05, 4.69) is 29.6 Å². The quantitative estimate of drug-likeness (QED) is 0.267. The molecule has 1 aromatic rings. The van der Waals surface area contributed by atoms with E-state index in [4.69, 9.17) is 0 Å². The third-order valence-electron chi connectivity index (χ3n) is 6.45. The Kier molecular flexibility index (Phi) is 11.9. The Morgan fingerprint density at radius 1 is 1.06 bits per heavy atom. The summed E-state index contributed by atoms with van der Waals surface area (Å²) in [5, 5.41) is 34.0. The summed E-state index contributed by atoms with van der Waals surface area (Å²) in [5.41, 5.74) is 1.23. The Morgan fingerprint density at radius 2 is 1.74 bits per heavy atom. The molecule has 0 saturated heterocycles. The smallest absolute Gasteiger partial charge is 0.219 e. The fraction of sp³-hybridized carbons (Fsp3) is 0.654. The summed E-state index contributed by atoms with van der Waals surface area (Å²) < 4.78 is 0. The van der Waals surface area contributed by atoms with E-state index in [0.29, 0.717) is 25.8 Å². The van der Waals surface area contributed by atoms with Crippen LogP contribution in [0, 0.1) is 11.8 Å². The molecule has 1 amide bonds. The van der Waals surface area contributed by atoms with Gasteiger partial charge in [0.25, 0.3) is 0 Å². The number of hydrogen-bond acceptors (Lipinski definition) is 4. The topological polar surface area (TPSA) is 89.8 Å². The summed E-state index contributed by atoms with van der Waals surface area (Å²) in [4.78, 5) is 11.4. The largest absolute Gasteiger partial charge is 0.393 e. The number of carbonyl (C=O) groups is 1. The van der Waals surface area contributed by atoms with Gasteiger partial charge in [-0.15, -0.1) is 0 Å². The first-order valence-electron chi connectivity index (χ1n) is 12.0. The zero-order valence-corrected chi connectivity index (χ0v) is 19.0. The maximum Gasteiger partial charge on any atom is 0.219 e. The molecule has 5 nitrogen and oxygen atoms in total. The number of rotatable bonds is 14. The number of benzene rings is 1. The van der Waals surface area contributed by atoms with Crippen molar-refractivity contribution in [1.29, 1.82) is 0 Å². The van der Waals surface area contributed by atoms with Gasteiger partial charge in [-0.2, -0.15) is 0 Å². The molecule has 0 heterocycles. The number of amides is 1. The van der Waals surface area contributed by atoms with Gasteiger partial charge in [-0.05, 0) is 82.1 Å². The fourth-order valence-electron chi connectivity index (χ4n) is 4.68. The van der Waals surface area contributed by atoms with Crippen molar-refractivity contribution >= 4 is 5.91 Å². The van der Waals surface area contributed by atoms with Crippen LogP contribution >= 0.6 is 0 Å². The summed E-state index contributed by atoms with van der Waals surface area (Å²) >= 11 is 0. The number of unbranched alkanes of at least 4 members (excludes halogenated alkanes) is 1. The van der Waals surface area contributed by atoms with Gasteiger partial charge in [-0.25, -0.2) is 0 Å². The molecule has 1 aromatic carbocycles. The second-order valence-electron chi connectivity index (χ2n) is 8.85. The van der Waals surface area contributed by atoms with E-state index in [0.717, 1.165) is 44.9 Å². The molecule has 0 unspecified atom stereocenters. The summed E-state index contributed by atoms with van der Waals surface area (Å²) in [5.74, 6) is 0.233. The fourth-order valence-corrected chi connectivity index (χ4v) is 4.68. The average molecular weight is 432 g/mol. The lowest BCUT2D eigenvalue weighted by Crippen LogP contribution is -2.24. The van der Waals surface area contributed by atoms with Gasteiger partial charge in [0.1, 0.15) is 0 Å². The van der Waals surface area contributed by atoms with Crippen molar-refractivity contribution in [1.82, 2.24) is 5.32 Å². The van der Waals surface area contributed by atoms with Crippen molar-refractivity contribution in [3.8, 4) is 0 Å². The third-order valence-corrected chi connectivity index (χ3v) is 6.45. The first kappa shape index (κ1) is 25.6. The van der Waals surface area contributed by atoms with Crippen LogP contribution in [-0.4, -0.2) is 46.1 Å². The minimum absolute atomic E-state index is 0.0486. The number of aliphatic hydroxyl groups is 3. The number of nitrogens with one attached hydrogen (secondary N) is 1. The lowest BCUT2D eigenvalue weighted by Gasteiger charge is -2.24. The first-order chi connectivity index (χ1) is 15.0. The van der Waals surface area contributed by atoms with Gasteiger partial charge >= 0.3 is 0 Å². The molecular weight excluding hydrogens is 390 g/mol. The molecule has 1 aliphatic rings. The summed E-state index contributed by atoms with van der Waals surface area (Å²) in [6.07, 6.45) is 10.3. The number of allylic oxidation sites excluding steroid dienone is 2. The SMILES string of the molecule is CCNC(=O)CCC/C=C/CC[C@@H]1[C@@H](CC[C@@H](O)CCc2ccccc2)[C@H](O)C[C@@H]1O. The highest BCUT2D eigenvalue weighted by molar-refractivity contribution is 5.75. The minimum atomic E-state index is -0.484. The summed E-state index contributed by atoms with van der Waals surface area (Å²) in [6, 6.07) is 10.2. The highest BCUT2D eigenvalue weighted by Crippen LogP contribution is 2.39. The van der Waals surface area contributed by atoms with Crippen LogP contribution in [0.3, 0.4) is 0 Å². The maximum atomic E-state index is 11.4. The van der Waals surface area contributed by atoms with Crippen molar-refractivity contribution in [2.45, 2.75) is 89.4 Å². The second-order valence-corrected chi connectivity index (χ2v) is 8.85. The monoisotopic (exact) mass is 431 g/mol. The zero-order valence-electron chi connectivity index (χ0n) is 19.0. The molecule has 0 aliphatic heterocycles. The van der Waals surface area contributed by atoms with E-state index in [1.54, 1.807) is 0 Å². The van der Waals surface area contributed by atoms with Crippen molar-refractivity contribution in [3.63, 3.8) is 0 Å². The summed E-state index contributed by atoms with van der Waals surface area (Å²) in [7, 11) is 0. The Bertz CT molecular complexity index is 648. The Hall–Kier alpha value is -1.69. The van der Waals surface area contributed by atoms with E-state index in [1.165, 1.54) is 5.56 Å². The van der Waals surface area contributed by atoms with E-state index in [9.17, 15) is 20.1 Å². The predicted octanol–water partition coefficient (Wildman–Crippen LogP) is 3.76. The number of aryl methyl sites for hydroxylation is 1. The van der Waals surface area contributed by atoms with Gasteiger partial charge in [-0.1, -0.05) is 42.5 Å². The standard InChI is InChI=1S/C26H41NO4/c1-2-27-26(31)14-10-5-3-4-9-13-22-23(25(30)19-24(22)29)18-17-21(28)16-15-20-11-7-6-8-12-20/h3-4,6-8,11-12,21-25,28-30H,2,5,9-10,13-19H2,1H3,(H,27,31)/b4-3+/t21-,22+,23+,24-,25+/m0/s1. The molecule has 0 bridgehead atoms. The Morgan fingerprint density at radius 3 is 2.45 bits per heavy atom. The molecule has 5 heteroatoms. The normalized spacial score (nSPS) is 24.5. The highest BCUT2D eigenvalue weighted by atomic mass is 16.3. The van der Waals surface area contributed by atoms with Crippen molar-refractivity contribution in [3.05, 3.63) is 48.0 Å². The molecule has 2 rings (SSSR count). The minimum Gasteiger partial charge on any atom is -0.393 e. The van der Waals surface area contributed by atoms with Gasteiger partial charge in [0.2, 0.25) is 5.91 Å². The van der Waals surface area contributed by atoms with Crippen molar-refractivity contribution in [2.24, 2.45) is 11.8 Å². The van der Waals surface area contributed by atoms with Crippen LogP contribution in [-0.2, 0) is 11.2 Å². The highest BCUT2D eigenvalue weighted by Gasteiger charge is 2.40. The molecule has 4 N–H and O–H groups in total. The second kappa shape index (κ2) is 14.4. The maximum absolute atomic E-state index is 11.4. The van der Waals surface area contributed by atoms with E-state index >= 15 is 0 Å². The molecule has 174 valence electrons. The van der Waals surface area contributed by atoms with Crippen LogP contribution in [0.5, 0.6) is 0 Å². The molecule has 5 atom stereocenters. The molecular formula is C26H41NO4. The molecule has 1 saturated carbocycles. The van der Waals surface area contributed by atoms with E-state index in [-0.39, 0.29) is 23.8 Å². The van der Waals surface area contributed by atoms with Crippen molar-refractivity contribution in [2.75, 3.05) is 6.54 Å². The van der Waals surface area contributed by atoms with Crippen LogP contribution in [0.15, 0.2) is 42.5 Å². The van der Waals surface area contributed by atoms with Gasteiger partial charge in [0, 0.05) is 13.0 Å². The van der Waals surface area contributed by atoms with Crippen LogP contribution in [0.25, 0.3) is 0 Å². The zero-order chi connectivity index (χ0) is 22.5. The van der Waals surface area contributed by atoms with Gasteiger partial charge in [-0.3, -0.25) is 4.79 Å². The molecule has 1 aliphatic carbocycles. The number of hydrogen-bond donors (Lipinski definition) is 4. The Labute approximate surface area is 187 Å². The van der Waals surface area contributed by atoms with Crippen LogP contribution < -0.4 is 5.32 Å². The lowest BCUT2D eigenvalue weighted by atomic mass is 9.85. The summed E-state index contributed by atoms with van der Waals surface area (Å²) in [6.45, 7) is 2.60. The van der Waals surface area contributed by atoms with E-state index < -0.39 is 12.2 Å². The van der Waals surface area contributed by atoms with Gasteiger partial charge in [0.15, 0.2) is 0 Å². The number of carbonyl (C=O) groups excluding carboxylic acids is 1. The van der Waals surface area contributed by atoms with Gasteiger partial charge < -0.3 is 20.6 Å². The van der Waals surface area contributed by atoms with E-state index in [1.807, 2.05) is 25.1 Å².